The van der Waals surface area contributed by atoms with E-state index >= 15 is 0 Å². The Morgan fingerprint density at radius 1 is 1.44 bits per heavy atom. The number of hydrogen-bond donors (Lipinski definition) is 2. The number of rotatable bonds is 2. The third-order valence-electron chi connectivity index (χ3n) is 2.87. The Morgan fingerprint density at radius 2 is 2.19 bits per heavy atom. The van der Waals surface area contributed by atoms with Gasteiger partial charge in [0.05, 0.1) is 5.52 Å². The summed E-state index contributed by atoms with van der Waals surface area (Å²) in [6, 6.07) is 7.68. The quantitative estimate of drug-likeness (QED) is 0.807. The molecule has 84 valence electrons. The van der Waals surface area contributed by atoms with E-state index in [0.717, 1.165) is 22.9 Å². The standard InChI is InChI=1S/C13H16N2O/c1-3-9-5-4-6-10-7-11(8(2)14)13(16)15-12(9)10/h4-8H,3,14H2,1-2H3,(H,15,16). The van der Waals surface area contributed by atoms with Gasteiger partial charge in [0, 0.05) is 11.6 Å². The summed E-state index contributed by atoms with van der Waals surface area (Å²) in [5.74, 6) is 0. The fourth-order valence-corrected chi connectivity index (χ4v) is 1.94. The second-order valence-corrected chi connectivity index (χ2v) is 4.08. The van der Waals surface area contributed by atoms with Crippen molar-refractivity contribution in [1.82, 2.24) is 4.98 Å². The maximum absolute atomic E-state index is 11.8. The van der Waals surface area contributed by atoms with E-state index in [1.165, 1.54) is 0 Å². The first-order valence-corrected chi connectivity index (χ1v) is 5.54. The van der Waals surface area contributed by atoms with E-state index in [1.54, 1.807) is 0 Å². The summed E-state index contributed by atoms with van der Waals surface area (Å²) in [7, 11) is 0. The molecule has 0 amide bonds. The van der Waals surface area contributed by atoms with Crippen LogP contribution in [-0.2, 0) is 6.42 Å². The molecule has 1 aromatic carbocycles. The zero-order valence-corrected chi connectivity index (χ0v) is 9.58. The highest BCUT2D eigenvalue weighted by Crippen LogP contribution is 2.18. The summed E-state index contributed by atoms with van der Waals surface area (Å²) in [6.45, 7) is 3.90. The molecule has 1 heterocycles. The maximum atomic E-state index is 11.8. The zero-order chi connectivity index (χ0) is 11.7. The Morgan fingerprint density at radius 3 is 2.81 bits per heavy atom. The lowest BCUT2D eigenvalue weighted by molar-refractivity contribution is 0.803. The van der Waals surface area contributed by atoms with Crippen LogP contribution in [0.2, 0.25) is 0 Å². The van der Waals surface area contributed by atoms with Crippen molar-refractivity contribution in [1.29, 1.82) is 0 Å². The van der Waals surface area contributed by atoms with Crippen molar-refractivity contribution in [3.8, 4) is 0 Å². The molecule has 0 fully saturated rings. The van der Waals surface area contributed by atoms with Crippen molar-refractivity contribution >= 4 is 10.9 Å². The minimum atomic E-state index is -0.238. The summed E-state index contributed by atoms with van der Waals surface area (Å²) < 4.78 is 0. The number of hydrogen-bond acceptors (Lipinski definition) is 2. The number of nitrogens with one attached hydrogen (secondary N) is 1. The van der Waals surface area contributed by atoms with Gasteiger partial charge in [0.2, 0.25) is 0 Å². The van der Waals surface area contributed by atoms with E-state index in [-0.39, 0.29) is 11.6 Å². The van der Waals surface area contributed by atoms with Crippen LogP contribution >= 0.6 is 0 Å². The molecule has 0 spiro atoms. The molecule has 0 aliphatic heterocycles. The number of fused-ring (bicyclic) bond motifs is 1. The lowest BCUT2D eigenvalue weighted by atomic mass is 10.0. The van der Waals surface area contributed by atoms with E-state index in [0.29, 0.717) is 5.56 Å². The van der Waals surface area contributed by atoms with Gasteiger partial charge in [-0.05, 0) is 30.4 Å². The molecule has 3 nitrogen and oxygen atoms in total. The van der Waals surface area contributed by atoms with E-state index in [4.69, 9.17) is 5.73 Å². The van der Waals surface area contributed by atoms with E-state index in [9.17, 15) is 4.79 Å². The molecule has 2 aromatic rings. The van der Waals surface area contributed by atoms with Crippen LogP contribution in [0.25, 0.3) is 10.9 Å². The largest absolute Gasteiger partial charge is 0.324 e. The minimum Gasteiger partial charge on any atom is -0.324 e. The first-order valence-electron chi connectivity index (χ1n) is 5.54. The van der Waals surface area contributed by atoms with Crippen molar-refractivity contribution < 1.29 is 0 Å². The van der Waals surface area contributed by atoms with Gasteiger partial charge in [-0.1, -0.05) is 25.1 Å². The van der Waals surface area contributed by atoms with Crippen LogP contribution < -0.4 is 11.3 Å². The number of aromatic amines is 1. The third-order valence-corrected chi connectivity index (χ3v) is 2.87. The van der Waals surface area contributed by atoms with Crippen molar-refractivity contribution in [2.24, 2.45) is 5.73 Å². The van der Waals surface area contributed by atoms with Gasteiger partial charge in [-0.15, -0.1) is 0 Å². The number of para-hydroxylation sites is 1. The van der Waals surface area contributed by atoms with Crippen molar-refractivity contribution in [3.05, 3.63) is 45.7 Å². The molecular formula is C13H16N2O. The number of pyridine rings is 1. The fourth-order valence-electron chi connectivity index (χ4n) is 1.94. The fraction of sp³-hybridized carbons (Fsp3) is 0.308. The summed E-state index contributed by atoms with van der Waals surface area (Å²) in [4.78, 5) is 14.7. The zero-order valence-electron chi connectivity index (χ0n) is 9.58. The molecule has 2 rings (SSSR count). The molecule has 16 heavy (non-hydrogen) atoms. The summed E-state index contributed by atoms with van der Waals surface area (Å²) >= 11 is 0. The Hall–Kier alpha value is -1.61. The van der Waals surface area contributed by atoms with Crippen molar-refractivity contribution in [2.45, 2.75) is 26.3 Å². The average molecular weight is 216 g/mol. The number of nitrogens with two attached hydrogens (primary N) is 1. The molecule has 0 radical (unpaired) electrons. The normalized spacial score (nSPS) is 12.9. The summed E-state index contributed by atoms with van der Waals surface area (Å²) in [5.41, 5.74) is 8.40. The van der Waals surface area contributed by atoms with E-state index in [1.807, 2.05) is 31.2 Å². The molecule has 1 atom stereocenters. The van der Waals surface area contributed by atoms with Gasteiger partial charge in [0.25, 0.3) is 5.56 Å². The number of benzene rings is 1. The van der Waals surface area contributed by atoms with Crippen LogP contribution in [0.4, 0.5) is 0 Å². The molecule has 3 N–H and O–H groups in total. The van der Waals surface area contributed by atoms with E-state index in [2.05, 4.69) is 11.9 Å². The minimum absolute atomic E-state index is 0.0802. The summed E-state index contributed by atoms with van der Waals surface area (Å²) in [5, 5.41) is 1.05. The molecule has 0 saturated heterocycles. The highest BCUT2D eigenvalue weighted by molar-refractivity contribution is 5.82. The molecule has 3 heteroatoms. The van der Waals surface area contributed by atoms with Crippen LogP contribution in [0.1, 0.15) is 31.0 Å². The molecule has 0 saturated carbocycles. The Labute approximate surface area is 94.3 Å². The predicted molar refractivity (Wildman–Crippen MR) is 66.5 cm³/mol. The van der Waals surface area contributed by atoms with Gasteiger partial charge in [-0.3, -0.25) is 4.79 Å². The van der Waals surface area contributed by atoms with Crippen LogP contribution in [0.15, 0.2) is 29.1 Å². The third kappa shape index (κ3) is 1.74. The maximum Gasteiger partial charge on any atom is 0.253 e. The first kappa shape index (κ1) is 10.9. The van der Waals surface area contributed by atoms with Gasteiger partial charge in [0.1, 0.15) is 0 Å². The molecule has 0 aliphatic carbocycles. The van der Waals surface area contributed by atoms with Crippen molar-refractivity contribution in [3.63, 3.8) is 0 Å². The lowest BCUT2D eigenvalue weighted by Gasteiger charge is -2.08. The monoisotopic (exact) mass is 216 g/mol. The molecular weight excluding hydrogens is 200 g/mol. The number of aromatic nitrogens is 1. The second-order valence-electron chi connectivity index (χ2n) is 4.08. The second kappa shape index (κ2) is 4.10. The molecule has 1 aromatic heterocycles. The lowest BCUT2D eigenvalue weighted by Crippen LogP contribution is -2.19. The molecule has 0 aliphatic rings. The average Bonchev–Trinajstić information content (AvgIpc) is 2.27. The van der Waals surface area contributed by atoms with Crippen LogP contribution in [0.5, 0.6) is 0 Å². The van der Waals surface area contributed by atoms with Gasteiger partial charge in [-0.2, -0.15) is 0 Å². The van der Waals surface area contributed by atoms with Crippen LogP contribution in [-0.4, -0.2) is 4.98 Å². The van der Waals surface area contributed by atoms with Gasteiger partial charge in [0.15, 0.2) is 0 Å². The Bertz CT molecular complexity index is 570. The summed E-state index contributed by atoms with van der Waals surface area (Å²) in [6.07, 6.45) is 0.908. The van der Waals surface area contributed by atoms with Crippen molar-refractivity contribution in [2.75, 3.05) is 0 Å². The smallest absolute Gasteiger partial charge is 0.253 e. The molecule has 1 unspecified atom stereocenters. The van der Waals surface area contributed by atoms with Gasteiger partial charge < -0.3 is 10.7 Å². The van der Waals surface area contributed by atoms with Crippen LogP contribution in [0, 0.1) is 0 Å². The first-order chi connectivity index (χ1) is 7.63. The Kier molecular flexibility index (Phi) is 2.79. The van der Waals surface area contributed by atoms with Gasteiger partial charge in [-0.25, -0.2) is 0 Å². The topological polar surface area (TPSA) is 58.9 Å². The predicted octanol–water partition coefficient (Wildman–Crippen LogP) is 2.11. The highest BCUT2D eigenvalue weighted by Gasteiger charge is 2.08. The highest BCUT2D eigenvalue weighted by atomic mass is 16.1. The number of H-pyrrole nitrogens is 1. The van der Waals surface area contributed by atoms with Crippen LogP contribution in [0.3, 0.4) is 0 Å². The molecule has 0 bridgehead atoms. The number of aryl methyl sites for hydroxylation is 1. The van der Waals surface area contributed by atoms with Gasteiger partial charge >= 0.3 is 0 Å². The SMILES string of the molecule is CCc1cccc2cc(C(C)N)c(=O)[nH]c12. The van der Waals surface area contributed by atoms with E-state index < -0.39 is 0 Å². The Balaban J connectivity index is 2.78.